The molecular weight excluding hydrogens is 373 g/mol. The number of amides is 1. The van der Waals surface area contributed by atoms with E-state index >= 15 is 0 Å². The number of aromatic nitrogens is 4. The number of anilines is 1. The van der Waals surface area contributed by atoms with Gasteiger partial charge < -0.3 is 10.1 Å². The lowest BCUT2D eigenvalue weighted by Gasteiger charge is -2.08. The maximum Gasteiger partial charge on any atom is 0.275 e. The van der Waals surface area contributed by atoms with Crippen LogP contribution in [0.25, 0.3) is 16.9 Å². The van der Waals surface area contributed by atoms with E-state index in [-0.39, 0.29) is 11.5 Å². The molecule has 0 saturated carbocycles. The first-order valence-corrected chi connectivity index (χ1v) is 9.06. The predicted molar refractivity (Wildman–Crippen MR) is 106 cm³/mol. The molecule has 0 fully saturated rings. The Morgan fingerprint density at radius 1 is 1.21 bits per heavy atom. The minimum atomic E-state index is -0.431. The third-order valence-electron chi connectivity index (χ3n) is 4.36. The van der Waals surface area contributed by atoms with Crippen molar-refractivity contribution in [2.75, 3.05) is 11.9 Å². The number of carbonyl (C=O) groups is 1. The van der Waals surface area contributed by atoms with Crippen molar-refractivity contribution in [3.05, 3.63) is 72.1 Å². The van der Waals surface area contributed by atoms with Gasteiger partial charge in [-0.3, -0.25) is 9.20 Å². The summed E-state index contributed by atoms with van der Waals surface area (Å²) in [4.78, 5) is 25.6. The first kappa shape index (κ1) is 18.5. The largest absolute Gasteiger partial charge is 0.478 e. The van der Waals surface area contributed by atoms with Gasteiger partial charge in [0.05, 0.1) is 6.61 Å². The van der Waals surface area contributed by atoms with Gasteiger partial charge in [0, 0.05) is 17.8 Å². The predicted octanol–water partition coefficient (Wildman–Crippen LogP) is 3.89. The molecule has 1 aromatic carbocycles. The van der Waals surface area contributed by atoms with Crippen LogP contribution in [-0.4, -0.2) is 31.9 Å². The zero-order valence-corrected chi connectivity index (χ0v) is 15.9. The van der Waals surface area contributed by atoms with E-state index in [2.05, 4.69) is 20.3 Å². The molecular formula is C21H18FN5O2. The Balaban J connectivity index is 1.79. The summed E-state index contributed by atoms with van der Waals surface area (Å²) in [5, 5.41) is 2.88. The lowest BCUT2D eigenvalue weighted by atomic mass is 10.1. The van der Waals surface area contributed by atoms with Crippen LogP contribution < -0.4 is 10.1 Å². The van der Waals surface area contributed by atoms with E-state index in [0.29, 0.717) is 35.2 Å². The molecule has 4 aromatic rings. The smallest absolute Gasteiger partial charge is 0.275 e. The Labute approximate surface area is 166 Å². The van der Waals surface area contributed by atoms with Crippen LogP contribution in [-0.2, 0) is 0 Å². The van der Waals surface area contributed by atoms with Crippen LogP contribution >= 0.6 is 0 Å². The summed E-state index contributed by atoms with van der Waals surface area (Å²) >= 11 is 0. The molecule has 0 saturated heterocycles. The molecule has 7 nitrogen and oxygen atoms in total. The van der Waals surface area contributed by atoms with Gasteiger partial charge in [-0.25, -0.2) is 19.3 Å². The van der Waals surface area contributed by atoms with E-state index in [9.17, 15) is 9.18 Å². The minimum absolute atomic E-state index is 0.163. The van der Waals surface area contributed by atoms with E-state index < -0.39 is 5.91 Å². The van der Waals surface area contributed by atoms with Crippen molar-refractivity contribution >= 4 is 17.4 Å². The number of nitrogens with one attached hydrogen (secondary N) is 1. The van der Waals surface area contributed by atoms with E-state index in [0.717, 1.165) is 5.56 Å². The molecule has 1 N–H and O–H groups in total. The SMILES string of the molecule is CCOc1cc(C(=O)Nc2c(-c3ccc(F)cc3)nc3c(C)cccn23)ncn1. The monoisotopic (exact) mass is 391 g/mol. The number of halogens is 1. The second-order valence-corrected chi connectivity index (χ2v) is 6.33. The first-order chi connectivity index (χ1) is 14.1. The molecule has 0 radical (unpaired) electrons. The molecule has 0 spiro atoms. The van der Waals surface area contributed by atoms with Crippen LogP contribution in [0.1, 0.15) is 23.0 Å². The van der Waals surface area contributed by atoms with Gasteiger partial charge in [-0.1, -0.05) is 6.07 Å². The molecule has 8 heteroatoms. The molecule has 3 heterocycles. The number of carbonyl (C=O) groups excluding carboxylic acids is 1. The number of aryl methyl sites for hydroxylation is 1. The number of ether oxygens (including phenoxy) is 1. The van der Waals surface area contributed by atoms with Crippen LogP contribution in [0.3, 0.4) is 0 Å². The van der Waals surface area contributed by atoms with Crippen LogP contribution in [0, 0.1) is 12.7 Å². The average Bonchev–Trinajstić information content (AvgIpc) is 3.09. The summed E-state index contributed by atoms with van der Waals surface area (Å²) in [5.74, 6) is 0.0148. The van der Waals surface area contributed by atoms with Crippen molar-refractivity contribution in [1.82, 2.24) is 19.4 Å². The second kappa shape index (κ2) is 7.67. The molecule has 29 heavy (non-hydrogen) atoms. The highest BCUT2D eigenvalue weighted by Gasteiger charge is 2.19. The third-order valence-corrected chi connectivity index (χ3v) is 4.36. The second-order valence-electron chi connectivity index (χ2n) is 6.33. The fourth-order valence-corrected chi connectivity index (χ4v) is 2.99. The number of hydrogen-bond donors (Lipinski definition) is 1. The lowest BCUT2D eigenvalue weighted by molar-refractivity contribution is 0.102. The normalized spacial score (nSPS) is 10.9. The summed E-state index contributed by atoms with van der Waals surface area (Å²) in [5.41, 5.74) is 3.02. The van der Waals surface area contributed by atoms with Crippen molar-refractivity contribution in [3.8, 4) is 17.1 Å². The molecule has 1 amide bonds. The Morgan fingerprint density at radius 2 is 2.00 bits per heavy atom. The molecule has 0 bridgehead atoms. The van der Waals surface area contributed by atoms with Gasteiger partial charge >= 0.3 is 0 Å². The fourth-order valence-electron chi connectivity index (χ4n) is 2.99. The number of fused-ring (bicyclic) bond motifs is 1. The summed E-state index contributed by atoms with van der Waals surface area (Å²) in [6, 6.07) is 11.2. The van der Waals surface area contributed by atoms with Gasteiger partial charge in [0.15, 0.2) is 0 Å². The van der Waals surface area contributed by atoms with Crippen molar-refractivity contribution in [1.29, 1.82) is 0 Å². The average molecular weight is 391 g/mol. The highest BCUT2D eigenvalue weighted by molar-refractivity contribution is 6.04. The molecule has 0 unspecified atom stereocenters. The number of imidazole rings is 1. The van der Waals surface area contributed by atoms with Gasteiger partial charge in [0.2, 0.25) is 5.88 Å². The quantitative estimate of drug-likeness (QED) is 0.558. The number of hydrogen-bond acceptors (Lipinski definition) is 5. The van der Waals surface area contributed by atoms with E-state index in [1.54, 1.807) is 16.5 Å². The highest BCUT2D eigenvalue weighted by atomic mass is 19.1. The Hall–Kier alpha value is -3.81. The Morgan fingerprint density at radius 3 is 2.76 bits per heavy atom. The van der Waals surface area contributed by atoms with Gasteiger partial charge in [-0.05, 0) is 49.7 Å². The third kappa shape index (κ3) is 3.64. The van der Waals surface area contributed by atoms with Crippen molar-refractivity contribution in [2.24, 2.45) is 0 Å². The molecule has 3 aromatic heterocycles. The van der Waals surface area contributed by atoms with Gasteiger partial charge in [-0.15, -0.1) is 0 Å². The van der Waals surface area contributed by atoms with Crippen LogP contribution in [0.4, 0.5) is 10.2 Å². The number of rotatable bonds is 5. The zero-order valence-electron chi connectivity index (χ0n) is 15.9. The molecule has 0 aliphatic carbocycles. The molecule has 0 atom stereocenters. The Kier molecular flexibility index (Phi) is 4.90. The summed E-state index contributed by atoms with van der Waals surface area (Å²) in [6.07, 6.45) is 3.09. The first-order valence-electron chi connectivity index (χ1n) is 9.06. The van der Waals surface area contributed by atoms with Crippen LogP contribution in [0.15, 0.2) is 55.0 Å². The standard InChI is InChI=1S/C21H18FN5O2/c1-3-29-17-11-16(23-12-24-17)21(28)26-20-18(14-6-8-15(22)9-7-14)25-19-13(2)5-4-10-27(19)20/h4-12H,3H2,1-2H3,(H,26,28). The van der Waals surface area contributed by atoms with E-state index in [1.807, 2.05) is 32.2 Å². The summed E-state index contributed by atoms with van der Waals surface area (Å²) in [7, 11) is 0. The van der Waals surface area contributed by atoms with E-state index in [4.69, 9.17) is 4.74 Å². The van der Waals surface area contributed by atoms with Crippen molar-refractivity contribution in [3.63, 3.8) is 0 Å². The molecule has 0 aliphatic rings. The number of pyridine rings is 1. The van der Waals surface area contributed by atoms with Crippen molar-refractivity contribution in [2.45, 2.75) is 13.8 Å². The Bertz CT molecular complexity index is 1190. The lowest BCUT2D eigenvalue weighted by Crippen LogP contribution is -2.16. The van der Waals surface area contributed by atoms with E-state index in [1.165, 1.54) is 24.5 Å². The van der Waals surface area contributed by atoms with Gasteiger partial charge in [0.1, 0.15) is 35.0 Å². The fraction of sp³-hybridized carbons (Fsp3) is 0.143. The van der Waals surface area contributed by atoms with Crippen molar-refractivity contribution < 1.29 is 13.9 Å². The maximum atomic E-state index is 13.4. The number of benzene rings is 1. The molecule has 0 aliphatic heterocycles. The maximum absolute atomic E-state index is 13.4. The molecule has 146 valence electrons. The van der Waals surface area contributed by atoms with Crippen LogP contribution in [0.2, 0.25) is 0 Å². The summed E-state index contributed by atoms with van der Waals surface area (Å²) < 4.78 is 20.5. The number of nitrogens with zero attached hydrogens (tertiary/aromatic N) is 4. The summed E-state index contributed by atoms with van der Waals surface area (Å²) in [6.45, 7) is 4.19. The van der Waals surface area contributed by atoms with Gasteiger partial charge in [0.25, 0.3) is 5.91 Å². The minimum Gasteiger partial charge on any atom is -0.478 e. The molecule has 4 rings (SSSR count). The highest BCUT2D eigenvalue weighted by Crippen LogP contribution is 2.30. The van der Waals surface area contributed by atoms with Crippen LogP contribution in [0.5, 0.6) is 5.88 Å². The topological polar surface area (TPSA) is 81.4 Å². The van der Waals surface area contributed by atoms with Gasteiger partial charge in [-0.2, -0.15) is 0 Å². The zero-order chi connectivity index (χ0) is 20.4.